The van der Waals surface area contributed by atoms with Crippen LogP contribution < -0.4 is 25.3 Å². The third-order valence-electron chi connectivity index (χ3n) is 5.03. The highest BCUT2D eigenvalue weighted by Crippen LogP contribution is 2.27. The van der Waals surface area contributed by atoms with E-state index in [0.29, 0.717) is 37.2 Å². The molecular formula is C23H32N4O4. The number of aliphatic imine (C=N–C) groups is 1. The fourth-order valence-corrected chi connectivity index (χ4v) is 3.27. The molecule has 0 bridgehead atoms. The van der Waals surface area contributed by atoms with Crippen molar-refractivity contribution in [3.63, 3.8) is 0 Å². The van der Waals surface area contributed by atoms with Crippen LogP contribution in [0.15, 0.2) is 47.5 Å². The van der Waals surface area contributed by atoms with Crippen LogP contribution in [0.5, 0.6) is 17.2 Å². The molecule has 0 radical (unpaired) electrons. The third-order valence-corrected chi connectivity index (χ3v) is 5.03. The summed E-state index contributed by atoms with van der Waals surface area (Å²) in [5.74, 6) is 2.61. The zero-order chi connectivity index (χ0) is 21.9. The molecule has 31 heavy (non-hydrogen) atoms. The van der Waals surface area contributed by atoms with Gasteiger partial charge in [0.15, 0.2) is 17.5 Å². The Balaban J connectivity index is 1.45. The molecule has 8 nitrogen and oxygen atoms in total. The minimum absolute atomic E-state index is 0.383. The van der Waals surface area contributed by atoms with Crippen LogP contribution in [-0.4, -0.2) is 64.5 Å². The highest BCUT2D eigenvalue weighted by atomic mass is 16.5. The molecule has 168 valence electrons. The number of rotatable bonds is 10. The van der Waals surface area contributed by atoms with Gasteiger partial charge in [-0.1, -0.05) is 18.2 Å². The molecule has 1 saturated heterocycles. The predicted molar refractivity (Wildman–Crippen MR) is 121 cm³/mol. The Hall–Kier alpha value is -2.97. The van der Waals surface area contributed by atoms with Crippen LogP contribution in [0, 0.1) is 0 Å². The third kappa shape index (κ3) is 7.34. The first-order valence-electron chi connectivity index (χ1n) is 10.4. The number of methoxy groups -OCH3 is 2. The van der Waals surface area contributed by atoms with Gasteiger partial charge in [-0.2, -0.15) is 0 Å². The summed E-state index contributed by atoms with van der Waals surface area (Å²) in [6.45, 7) is 6.11. The van der Waals surface area contributed by atoms with Crippen LogP contribution in [-0.2, 0) is 17.8 Å². The molecule has 1 fully saturated rings. The van der Waals surface area contributed by atoms with Crippen molar-refractivity contribution in [3.05, 3.63) is 53.6 Å². The second kappa shape index (κ2) is 12.0. The fourth-order valence-electron chi connectivity index (χ4n) is 3.27. The van der Waals surface area contributed by atoms with Gasteiger partial charge in [0.05, 0.1) is 34.0 Å². The molecule has 3 rings (SSSR count). The molecule has 2 aromatic rings. The minimum atomic E-state index is 0.383. The summed E-state index contributed by atoms with van der Waals surface area (Å²) in [5, 5.41) is 3.13. The van der Waals surface area contributed by atoms with Crippen molar-refractivity contribution < 1.29 is 18.9 Å². The van der Waals surface area contributed by atoms with E-state index in [2.05, 4.69) is 15.2 Å². The summed E-state index contributed by atoms with van der Waals surface area (Å²) < 4.78 is 21.9. The quantitative estimate of drug-likeness (QED) is 0.442. The van der Waals surface area contributed by atoms with Crippen molar-refractivity contribution in [1.82, 2.24) is 10.2 Å². The molecule has 2 aromatic carbocycles. The maximum Gasteiger partial charge on any atom is 0.189 e. The van der Waals surface area contributed by atoms with E-state index in [1.807, 2.05) is 42.5 Å². The van der Waals surface area contributed by atoms with Gasteiger partial charge >= 0.3 is 0 Å². The lowest BCUT2D eigenvalue weighted by atomic mass is 10.2. The predicted octanol–water partition coefficient (Wildman–Crippen LogP) is 2.02. The van der Waals surface area contributed by atoms with Crippen LogP contribution in [0.3, 0.4) is 0 Å². The molecule has 0 aromatic heterocycles. The largest absolute Gasteiger partial charge is 0.493 e. The molecule has 8 heteroatoms. The number of ether oxygens (including phenoxy) is 4. The lowest BCUT2D eigenvalue weighted by Crippen LogP contribution is -2.38. The Kier molecular flexibility index (Phi) is 8.81. The molecule has 1 heterocycles. The molecule has 1 aliphatic heterocycles. The van der Waals surface area contributed by atoms with E-state index in [9.17, 15) is 0 Å². The number of nitrogens with zero attached hydrogens (tertiary/aromatic N) is 2. The van der Waals surface area contributed by atoms with E-state index in [4.69, 9.17) is 24.7 Å². The Labute approximate surface area is 183 Å². The standard InChI is InChI=1S/C23H32N4O4/c1-28-21-7-6-19(15-22(21)29-2)17-26-23(24)25-16-18-4-3-5-20(14-18)31-13-10-27-8-11-30-12-9-27/h3-7,14-15H,8-13,16-17H2,1-2H3,(H3,24,25,26). The molecular weight excluding hydrogens is 396 g/mol. The molecule has 3 N–H and O–H groups in total. The molecule has 0 unspecified atom stereocenters. The van der Waals surface area contributed by atoms with E-state index < -0.39 is 0 Å². The van der Waals surface area contributed by atoms with Gasteiger partial charge in [0.1, 0.15) is 12.4 Å². The number of nitrogens with one attached hydrogen (secondary N) is 1. The molecule has 0 saturated carbocycles. The molecule has 0 amide bonds. The monoisotopic (exact) mass is 428 g/mol. The van der Waals surface area contributed by atoms with Crippen molar-refractivity contribution in [2.45, 2.75) is 13.1 Å². The van der Waals surface area contributed by atoms with Gasteiger partial charge in [-0.05, 0) is 35.4 Å². The Morgan fingerprint density at radius 3 is 2.65 bits per heavy atom. The van der Waals surface area contributed by atoms with E-state index in [0.717, 1.165) is 49.7 Å². The van der Waals surface area contributed by atoms with Crippen molar-refractivity contribution in [2.24, 2.45) is 10.7 Å². The van der Waals surface area contributed by atoms with Gasteiger partial charge in [0.25, 0.3) is 0 Å². The number of nitrogens with two attached hydrogens (primary N) is 1. The SMILES string of the molecule is COc1ccc(CNC(N)=NCc2cccc(OCCN3CCOCC3)c2)cc1OC. The van der Waals surface area contributed by atoms with Crippen molar-refractivity contribution in [1.29, 1.82) is 0 Å². The Bertz CT molecular complexity index is 853. The topological polar surface area (TPSA) is 90.6 Å². The van der Waals surface area contributed by atoms with Gasteiger partial charge in [-0.3, -0.25) is 4.90 Å². The number of morpholine rings is 1. The molecule has 0 spiro atoms. The molecule has 1 aliphatic rings. The zero-order valence-corrected chi connectivity index (χ0v) is 18.3. The Morgan fingerprint density at radius 2 is 1.87 bits per heavy atom. The van der Waals surface area contributed by atoms with Crippen LogP contribution in [0.25, 0.3) is 0 Å². The van der Waals surface area contributed by atoms with Crippen molar-refractivity contribution in [2.75, 3.05) is 53.7 Å². The lowest BCUT2D eigenvalue weighted by Gasteiger charge is -2.26. The highest BCUT2D eigenvalue weighted by Gasteiger charge is 2.10. The summed E-state index contributed by atoms with van der Waals surface area (Å²) in [6.07, 6.45) is 0. The number of benzene rings is 2. The van der Waals surface area contributed by atoms with E-state index in [1.165, 1.54) is 0 Å². The average Bonchev–Trinajstić information content (AvgIpc) is 2.82. The minimum Gasteiger partial charge on any atom is -0.493 e. The van der Waals surface area contributed by atoms with Crippen LogP contribution in [0.2, 0.25) is 0 Å². The second-order valence-corrected chi connectivity index (χ2v) is 7.19. The first-order valence-corrected chi connectivity index (χ1v) is 10.4. The molecule has 0 aliphatic carbocycles. The van der Waals surface area contributed by atoms with E-state index in [1.54, 1.807) is 14.2 Å². The first-order chi connectivity index (χ1) is 15.2. The number of hydrogen-bond acceptors (Lipinski definition) is 6. The fraction of sp³-hybridized carbons (Fsp3) is 0.435. The van der Waals surface area contributed by atoms with Gasteiger partial charge < -0.3 is 30.0 Å². The van der Waals surface area contributed by atoms with Crippen molar-refractivity contribution in [3.8, 4) is 17.2 Å². The van der Waals surface area contributed by atoms with Crippen molar-refractivity contribution >= 4 is 5.96 Å². The van der Waals surface area contributed by atoms with Gasteiger partial charge in [-0.25, -0.2) is 4.99 Å². The summed E-state index contributed by atoms with van der Waals surface area (Å²) in [5.41, 5.74) is 8.09. The van der Waals surface area contributed by atoms with Crippen LogP contribution in [0.4, 0.5) is 0 Å². The number of hydrogen-bond donors (Lipinski definition) is 2. The maximum absolute atomic E-state index is 6.03. The Morgan fingerprint density at radius 1 is 1.06 bits per heavy atom. The van der Waals surface area contributed by atoms with Crippen LogP contribution >= 0.6 is 0 Å². The smallest absolute Gasteiger partial charge is 0.189 e. The normalized spacial score (nSPS) is 14.8. The summed E-state index contributed by atoms with van der Waals surface area (Å²) in [6, 6.07) is 13.7. The van der Waals surface area contributed by atoms with E-state index in [-0.39, 0.29) is 0 Å². The second-order valence-electron chi connectivity index (χ2n) is 7.19. The van der Waals surface area contributed by atoms with Gasteiger partial charge in [0.2, 0.25) is 0 Å². The first kappa shape index (κ1) is 22.7. The van der Waals surface area contributed by atoms with Gasteiger partial charge in [0, 0.05) is 26.2 Å². The lowest BCUT2D eigenvalue weighted by molar-refractivity contribution is 0.0322. The summed E-state index contributed by atoms with van der Waals surface area (Å²) in [7, 11) is 3.23. The maximum atomic E-state index is 6.03. The zero-order valence-electron chi connectivity index (χ0n) is 18.3. The summed E-state index contributed by atoms with van der Waals surface area (Å²) in [4.78, 5) is 6.78. The van der Waals surface area contributed by atoms with E-state index >= 15 is 0 Å². The van der Waals surface area contributed by atoms with Gasteiger partial charge in [-0.15, -0.1) is 0 Å². The molecule has 0 atom stereocenters. The average molecular weight is 429 g/mol. The highest BCUT2D eigenvalue weighted by molar-refractivity contribution is 5.77. The number of guanidine groups is 1. The van der Waals surface area contributed by atoms with Crippen LogP contribution in [0.1, 0.15) is 11.1 Å². The summed E-state index contributed by atoms with van der Waals surface area (Å²) >= 11 is 0.